The Bertz CT molecular complexity index is 893. The Kier molecular flexibility index (Phi) is 5.15. The third kappa shape index (κ3) is 3.86. The summed E-state index contributed by atoms with van der Waals surface area (Å²) in [6.07, 6.45) is -0.337. The zero-order valence-electron chi connectivity index (χ0n) is 15.5. The van der Waals surface area contributed by atoms with Crippen molar-refractivity contribution >= 4 is 17.6 Å². The maximum atomic E-state index is 13.2. The van der Waals surface area contributed by atoms with E-state index in [1.54, 1.807) is 4.90 Å². The molecule has 1 aliphatic heterocycles. The second-order valence-electron chi connectivity index (χ2n) is 7.27. The largest absolute Gasteiger partial charge is 0.478 e. The molecule has 0 aliphatic carbocycles. The summed E-state index contributed by atoms with van der Waals surface area (Å²) in [4.78, 5) is 36.6. The molecule has 8 heteroatoms. The summed E-state index contributed by atoms with van der Waals surface area (Å²) >= 11 is 0. The molecule has 0 spiro atoms. The van der Waals surface area contributed by atoms with Gasteiger partial charge in [0, 0.05) is 17.7 Å². The lowest BCUT2D eigenvalue weighted by atomic mass is 9.96. The number of hydrogen-bond acceptors (Lipinski definition) is 5. The lowest BCUT2D eigenvalue weighted by Gasteiger charge is -2.45. The Hall–Kier alpha value is -3.26. The number of amides is 1. The van der Waals surface area contributed by atoms with Crippen LogP contribution in [-0.4, -0.2) is 45.5 Å². The number of ether oxygens (including phenoxy) is 1. The average molecular weight is 384 g/mol. The highest BCUT2D eigenvalue weighted by molar-refractivity contribution is 5.99. The Morgan fingerprint density at radius 2 is 1.82 bits per heavy atom. The molecule has 0 aromatic heterocycles. The number of carbonyl (C=O) groups excluding carboxylic acids is 1. The number of carbonyl (C=O) groups is 2. The molecule has 0 saturated carbocycles. The molecule has 2 aromatic carbocycles. The molecule has 1 atom stereocenters. The third-order valence-electron chi connectivity index (χ3n) is 4.76. The van der Waals surface area contributed by atoms with Crippen LogP contribution in [-0.2, 0) is 4.74 Å². The zero-order chi connectivity index (χ0) is 20.5. The van der Waals surface area contributed by atoms with Gasteiger partial charge in [-0.2, -0.15) is 0 Å². The van der Waals surface area contributed by atoms with E-state index in [9.17, 15) is 24.8 Å². The number of non-ortho nitro benzene ring substituents is 1. The van der Waals surface area contributed by atoms with E-state index in [2.05, 4.69) is 0 Å². The number of hydrogen-bond donors (Lipinski definition) is 1. The van der Waals surface area contributed by atoms with Crippen LogP contribution in [0.5, 0.6) is 0 Å². The number of carboxylic acids is 1. The molecule has 1 fully saturated rings. The predicted molar refractivity (Wildman–Crippen MR) is 100 cm³/mol. The number of carboxylic acid groups (broad SMARTS) is 1. The first-order chi connectivity index (χ1) is 13.2. The smallest absolute Gasteiger partial charge is 0.335 e. The molecule has 8 nitrogen and oxygen atoms in total. The lowest BCUT2D eigenvalue weighted by Crippen LogP contribution is -2.56. The van der Waals surface area contributed by atoms with Crippen molar-refractivity contribution in [2.75, 3.05) is 13.2 Å². The summed E-state index contributed by atoms with van der Waals surface area (Å²) in [5.41, 5.74) is -0.511. The van der Waals surface area contributed by atoms with Crippen molar-refractivity contribution in [1.29, 1.82) is 0 Å². The number of nitrogens with zero attached hydrogens (tertiary/aromatic N) is 2. The number of nitro benzene ring substituents is 1. The molecule has 146 valence electrons. The summed E-state index contributed by atoms with van der Waals surface area (Å²) in [5, 5.41) is 20.4. The second kappa shape index (κ2) is 7.40. The van der Waals surface area contributed by atoms with Gasteiger partial charge in [0.1, 0.15) is 6.10 Å². The van der Waals surface area contributed by atoms with Crippen molar-refractivity contribution in [3.8, 4) is 0 Å². The quantitative estimate of drug-likeness (QED) is 0.640. The van der Waals surface area contributed by atoms with Crippen LogP contribution in [0.2, 0.25) is 0 Å². The van der Waals surface area contributed by atoms with Gasteiger partial charge in [0.2, 0.25) is 0 Å². The van der Waals surface area contributed by atoms with E-state index in [1.807, 2.05) is 44.2 Å². The molecule has 3 rings (SSSR count). The van der Waals surface area contributed by atoms with Gasteiger partial charge in [0.25, 0.3) is 11.6 Å². The number of nitro groups is 1. The van der Waals surface area contributed by atoms with E-state index in [0.29, 0.717) is 0 Å². The fourth-order valence-corrected chi connectivity index (χ4v) is 3.19. The number of morpholine rings is 1. The highest BCUT2D eigenvalue weighted by Crippen LogP contribution is 2.32. The predicted octanol–water partition coefficient (Wildman–Crippen LogP) is 3.29. The Morgan fingerprint density at radius 1 is 1.18 bits per heavy atom. The summed E-state index contributed by atoms with van der Waals surface area (Å²) < 4.78 is 5.92. The summed E-state index contributed by atoms with van der Waals surface area (Å²) in [6, 6.07) is 12.7. The van der Waals surface area contributed by atoms with Gasteiger partial charge in [-0.3, -0.25) is 14.9 Å². The Balaban J connectivity index is 1.97. The standard InChI is InChI=1S/C20H20N2O6/c1-20(2)12-28-17(13-6-4-3-5-7-13)11-21(20)18(23)14-8-15(19(24)25)10-16(9-14)22(26)27/h3-10,17H,11-12H2,1-2H3,(H,24,25). The van der Waals surface area contributed by atoms with Crippen LogP contribution in [0.3, 0.4) is 0 Å². The van der Waals surface area contributed by atoms with E-state index in [1.165, 1.54) is 6.07 Å². The first-order valence-corrected chi connectivity index (χ1v) is 8.70. The fourth-order valence-electron chi connectivity index (χ4n) is 3.19. The lowest BCUT2D eigenvalue weighted by molar-refractivity contribution is -0.384. The van der Waals surface area contributed by atoms with Crippen molar-refractivity contribution < 1.29 is 24.4 Å². The highest BCUT2D eigenvalue weighted by Gasteiger charge is 2.39. The van der Waals surface area contributed by atoms with E-state index in [-0.39, 0.29) is 30.4 Å². The molecule has 1 saturated heterocycles. The van der Waals surface area contributed by atoms with Crippen LogP contribution in [0.1, 0.15) is 46.2 Å². The monoisotopic (exact) mass is 384 g/mol. The Morgan fingerprint density at radius 3 is 2.43 bits per heavy atom. The van der Waals surface area contributed by atoms with Gasteiger partial charge >= 0.3 is 5.97 Å². The minimum Gasteiger partial charge on any atom is -0.478 e. The average Bonchev–Trinajstić information content (AvgIpc) is 2.67. The van der Waals surface area contributed by atoms with Crippen molar-refractivity contribution in [2.45, 2.75) is 25.5 Å². The van der Waals surface area contributed by atoms with E-state index >= 15 is 0 Å². The molecule has 1 unspecified atom stereocenters. The van der Waals surface area contributed by atoms with Gasteiger partial charge in [-0.15, -0.1) is 0 Å². The molecule has 28 heavy (non-hydrogen) atoms. The highest BCUT2D eigenvalue weighted by atomic mass is 16.6. The summed E-state index contributed by atoms with van der Waals surface area (Å²) in [6.45, 7) is 4.20. The minimum atomic E-state index is -1.33. The Labute approximate surface area is 161 Å². The first-order valence-electron chi connectivity index (χ1n) is 8.70. The number of benzene rings is 2. The zero-order valence-corrected chi connectivity index (χ0v) is 15.5. The summed E-state index contributed by atoms with van der Waals surface area (Å²) in [7, 11) is 0. The van der Waals surface area contributed by atoms with E-state index < -0.39 is 28.0 Å². The minimum absolute atomic E-state index is 0.0339. The SMILES string of the molecule is CC1(C)COC(c2ccccc2)CN1C(=O)c1cc(C(=O)O)cc([N+](=O)[O-])c1. The van der Waals surface area contributed by atoms with Gasteiger partial charge in [-0.05, 0) is 25.5 Å². The maximum absolute atomic E-state index is 13.2. The third-order valence-corrected chi connectivity index (χ3v) is 4.76. The van der Waals surface area contributed by atoms with Crippen LogP contribution in [0.4, 0.5) is 5.69 Å². The fraction of sp³-hybridized carbons (Fsp3) is 0.300. The van der Waals surface area contributed by atoms with Crippen molar-refractivity contribution in [1.82, 2.24) is 4.90 Å². The molecule has 0 bridgehead atoms. The van der Waals surface area contributed by atoms with E-state index in [0.717, 1.165) is 17.7 Å². The number of aromatic carboxylic acids is 1. The van der Waals surface area contributed by atoms with Gasteiger partial charge in [0.15, 0.2) is 0 Å². The van der Waals surface area contributed by atoms with Gasteiger partial charge in [0.05, 0.1) is 29.2 Å². The maximum Gasteiger partial charge on any atom is 0.335 e. The molecular formula is C20H20N2O6. The molecule has 1 aliphatic rings. The van der Waals surface area contributed by atoms with Crippen LogP contribution >= 0.6 is 0 Å². The van der Waals surface area contributed by atoms with Crippen LogP contribution in [0.25, 0.3) is 0 Å². The molecule has 1 amide bonds. The number of rotatable bonds is 4. The molecular weight excluding hydrogens is 364 g/mol. The normalized spacial score (nSPS) is 18.5. The van der Waals surface area contributed by atoms with Crippen molar-refractivity contribution in [3.63, 3.8) is 0 Å². The second-order valence-corrected chi connectivity index (χ2v) is 7.27. The molecule has 0 radical (unpaired) electrons. The van der Waals surface area contributed by atoms with E-state index in [4.69, 9.17) is 4.74 Å². The molecule has 2 aromatic rings. The van der Waals surface area contributed by atoms with Crippen molar-refractivity contribution in [3.05, 3.63) is 75.3 Å². The van der Waals surface area contributed by atoms with Gasteiger partial charge in [-0.1, -0.05) is 30.3 Å². The van der Waals surface area contributed by atoms with Crippen LogP contribution in [0.15, 0.2) is 48.5 Å². The van der Waals surface area contributed by atoms with Crippen LogP contribution < -0.4 is 0 Å². The van der Waals surface area contributed by atoms with Gasteiger partial charge < -0.3 is 14.7 Å². The first kappa shape index (κ1) is 19.5. The molecule has 1 N–H and O–H groups in total. The molecule has 1 heterocycles. The summed E-state index contributed by atoms with van der Waals surface area (Å²) in [5.74, 6) is -1.80. The van der Waals surface area contributed by atoms with Crippen LogP contribution in [0, 0.1) is 10.1 Å². The van der Waals surface area contributed by atoms with Crippen molar-refractivity contribution in [2.24, 2.45) is 0 Å². The van der Waals surface area contributed by atoms with Gasteiger partial charge in [-0.25, -0.2) is 4.79 Å². The topological polar surface area (TPSA) is 110 Å².